The molecule has 0 aromatic carbocycles. The van der Waals surface area contributed by atoms with Crippen LogP contribution in [0.2, 0.25) is 0 Å². The summed E-state index contributed by atoms with van der Waals surface area (Å²) in [5.41, 5.74) is -0.611. The SMILES string of the molecule is CCCC1(CCC)CC(C(=O)OC)(C(=O)C2CCCC2)C1. The van der Waals surface area contributed by atoms with E-state index in [1.54, 1.807) is 0 Å². The van der Waals surface area contributed by atoms with Crippen LogP contribution in [-0.4, -0.2) is 18.9 Å². The lowest BCUT2D eigenvalue weighted by atomic mass is 9.47. The van der Waals surface area contributed by atoms with Gasteiger partial charge in [-0.3, -0.25) is 9.59 Å². The summed E-state index contributed by atoms with van der Waals surface area (Å²) in [6, 6.07) is 0. The highest BCUT2D eigenvalue weighted by molar-refractivity contribution is 6.06. The fourth-order valence-electron chi connectivity index (χ4n) is 4.96. The van der Waals surface area contributed by atoms with Crippen molar-refractivity contribution in [3.8, 4) is 0 Å². The molecular formula is C18H30O3. The minimum absolute atomic E-state index is 0.102. The molecule has 0 amide bonds. The summed E-state index contributed by atoms with van der Waals surface area (Å²) >= 11 is 0. The average Bonchev–Trinajstić information content (AvgIpc) is 2.96. The fraction of sp³-hybridized carbons (Fsp3) is 0.889. The van der Waals surface area contributed by atoms with E-state index in [1.807, 2.05) is 0 Å². The number of rotatable bonds is 7. The molecule has 2 fully saturated rings. The topological polar surface area (TPSA) is 43.4 Å². The van der Waals surface area contributed by atoms with Crippen LogP contribution in [0.5, 0.6) is 0 Å². The molecule has 0 saturated heterocycles. The Morgan fingerprint density at radius 1 is 1.05 bits per heavy atom. The number of hydrogen-bond donors (Lipinski definition) is 0. The quantitative estimate of drug-likeness (QED) is 0.520. The van der Waals surface area contributed by atoms with Crippen molar-refractivity contribution >= 4 is 11.8 Å². The Balaban J connectivity index is 2.17. The third kappa shape index (κ3) is 2.89. The second-order valence-corrected chi connectivity index (χ2v) is 7.27. The summed E-state index contributed by atoms with van der Waals surface area (Å²) in [6.07, 6.45) is 10.1. The van der Waals surface area contributed by atoms with E-state index in [-0.39, 0.29) is 23.1 Å². The molecule has 3 heteroatoms. The highest BCUT2D eigenvalue weighted by Gasteiger charge is 2.63. The first-order chi connectivity index (χ1) is 10.0. The van der Waals surface area contributed by atoms with Gasteiger partial charge in [-0.05, 0) is 43.9 Å². The van der Waals surface area contributed by atoms with Gasteiger partial charge >= 0.3 is 5.97 Å². The molecule has 0 aromatic heterocycles. The summed E-state index contributed by atoms with van der Waals surface area (Å²) in [5.74, 6) is 0.0160. The number of carbonyl (C=O) groups is 2. The van der Waals surface area contributed by atoms with Crippen molar-refractivity contribution in [3.63, 3.8) is 0 Å². The minimum Gasteiger partial charge on any atom is -0.468 e. The summed E-state index contributed by atoms with van der Waals surface area (Å²) in [4.78, 5) is 25.3. The molecule has 21 heavy (non-hydrogen) atoms. The zero-order chi connectivity index (χ0) is 15.5. The van der Waals surface area contributed by atoms with Crippen LogP contribution in [0.25, 0.3) is 0 Å². The van der Waals surface area contributed by atoms with Gasteiger partial charge in [0.25, 0.3) is 0 Å². The second-order valence-electron chi connectivity index (χ2n) is 7.27. The molecule has 0 aliphatic heterocycles. The number of esters is 1. The van der Waals surface area contributed by atoms with Gasteiger partial charge in [-0.25, -0.2) is 0 Å². The molecule has 0 bridgehead atoms. The largest absolute Gasteiger partial charge is 0.468 e. The molecule has 0 radical (unpaired) electrons. The second kappa shape index (κ2) is 6.50. The Bertz CT molecular complexity index is 379. The molecule has 2 aliphatic rings. The van der Waals surface area contributed by atoms with Crippen LogP contribution in [-0.2, 0) is 14.3 Å². The van der Waals surface area contributed by atoms with E-state index in [9.17, 15) is 9.59 Å². The van der Waals surface area contributed by atoms with Crippen molar-refractivity contribution in [2.24, 2.45) is 16.7 Å². The molecule has 2 aliphatic carbocycles. The van der Waals surface area contributed by atoms with Gasteiger partial charge in [-0.2, -0.15) is 0 Å². The highest BCUT2D eigenvalue weighted by atomic mass is 16.5. The van der Waals surface area contributed by atoms with E-state index < -0.39 is 5.41 Å². The molecule has 2 rings (SSSR count). The Kier molecular flexibility index (Phi) is 5.11. The first-order valence-corrected chi connectivity index (χ1v) is 8.66. The third-order valence-electron chi connectivity index (χ3n) is 5.69. The van der Waals surface area contributed by atoms with Crippen LogP contribution in [0.4, 0.5) is 0 Å². The lowest BCUT2D eigenvalue weighted by Gasteiger charge is -2.54. The first-order valence-electron chi connectivity index (χ1n) is 8.66. The lowest BCUT2D eigenvalue weighted by Crippen LogP contribution is -2.57. The maximum Gasteiger partial charge on any atom is 0.319 e. The van der Waals surface area contributed by atoms with Gasteiger partial charge in [0.2, 0.25) is 0 Å². The van der Waals surface area contributed by atoms with Gasteiger partial charge in [0, 0.05) is 5.92 Å². The van der Waals surface area contributed by atoms with Gasteiger partial charge in [-0.15, -0.1) is 0 Å². The third-order valence-corrected chi connectivity index (χ3v) is 5.69. The number of methoxy groups -OCH3 is 1. The fourth-order valence-corrected chi connectivity index (χ4v) is 4.96. The van der Waals surface area contributed by atoms with Gasteiger partial charge in [-0.1, -0.05) is 39.5 Å². The molecule has 0 aromatic rings. The molecule has 120 valence electrons. The Morgan fingerprint density at radius 2 is 1.57 bits per heavy atom. The highest BCUT2D eigenvalue weighted by Crippen LogP contribution is 2.61. The maximum absolute atomic E-state index is 12.9. The predicted octanol–water partition coefficient (Wildman–Crippen LogP) is 4.29. The van der Waals surface area contributed by atoms with E-state index >= 15 is 0 Å². The van der Waals surface area contributed by atoms with Crippen LogP contribution in [0.15, 0.2) is 0 Å². The molecule has 2 saturated carbocycles. The summed E-state index contributed by atoms with van der Waals surface area (Å²) in [6.45, 7) is 4.38. The number of carbonyl (C=O) groups excluding carboxylic acids is 2. The molecule has 3 nitrogen and oxygen atoms in total. The maximum atomic E-state index is 12.9. The number of hydrogen-bond acceptors (Lipinski definition) is 3. The summed E-state index contributed by atoms with van der Waals surface area (Å²) in [5, 5.41) is 0. The van der Waals surface area contributed by atoms with Crippen LogP contribution >= 0.6 is 0 Å². The van der Waals surface area contributed by atoms with Crippen molar-refractivity contribution in [1.29, 1.82) is 0 Å². The molecule has 0 heterocycles. The molecule has 0 unspecified atom stereocenters. The van der Waals surface area contributed by atoms with E-state index in [4.69, 9.17) is 4.74 Å². The van der Waals surface area contributed by atoms with E-state index in [1.165, 1.54) is 7.11 Å². The smallest absolute Gasteiger partial charge is 0.319 e. The van der Waals surface area contributed by atoms with Gasteiger partial charge < -0.3 is 4.74 Å². The van der Waals surface area contributed by atoms with Crippen LogP contribution in [0.1, 0.15) is 78.1 Å². The van der Waals surface area contributed by atoms with Crippen LogP contribution in [0.3, 0.4) is 0 Å². The Labute approximate surface area is 128 Å². The first kappa shape index (κ1) is 16.5. The van der Waals surface area contributed by atoms with E-state index in [0.717, 1.165) is 64.2 Å². The summed E-state index contributed by atoms with van der Waals surface area (Å²) in [7, 11) is 1.42. The van der Waals surface area contributed by atoms with Crippen molar-refractivity contribution in [2.75, 3.05) is 7.11 Å². The van der Waals surface area contributed by atoms with Crippen LogP contribution in [0, 0.1) is 16.7 Å². The number of ketones is 1. The summed E-state index contributed by atoms with van der Waals surface area (Å²) < 4.78 is 5.03. The molecular weight excluding hydrogens is 264 g/mol. The monoisotopic (exact) mass is 294 g/mol. The van der Waals surface area contributed by atoms with Gasteiger partial charge in [0.05, 0.1) is 7.11 Å². The van der Waals surface area contributed by atoms with Crippen molar-refractivity contribution in [3.05, 3.63) is 0 Å². The average molecular weight is 294 g/mol. The molecule has 0 atom stereocenters. The van der Waals surface area contributed by atoms with Crippen molar-refractivity contribution in [1.82, 2.24) is 0 Å². The van der Waals surface area contributed by atoms with E-state index in [2.05, 4.69) is 13.8 Å². The predicted molar refractivity (Wildman–Crippen MR) is 82.9 cm³/mol. The van der Waals surface area contributed by atoms with Gasteiger partial charge in [0.15, 0.2) is 5.78 Å². The molecule has 0 N–H and O–H groups in total. The lowest BCUT2D eigenvalue weighted by molar-refractivity contribution is -0.179. The normalized spacial score (nSPS) is 23.6. The Morgan fingerprint density at radius 3 is 2.00 bits per heavy atom. The zero-order valence-electron chi connectivity index (χ0n) is 13.9. The van der Waals surface area contributed by atoms with E-state index in [0.29, 0.717) is 0 Å². The standard InChI is InChI=1S/C18H30O3/c1-4-10-17(11-5-2)12-18(13-17,16(20)21-3)15(19)14-8-6-7-9-14/h14H,4-13H2,1-3H3. The van der Waals surface area contributed by atoms with Gasteiger partial charge in [0.1, 0.15) is 5.41 Å². The minimum atomic E-state index is -0.811. The number of ether oxygens (including phenoxy) is 1. The van der Waals surface area contributed by atoms with Crippen molar-refractivity contribution < 1.29 is 14.3 Å². The Hall–Kier alpha value is -0.860. The number of Topliss-reactive ketones (excluding diaryl/α,β-unsaturated/α-hetero) is 1. The zero-order valence-corrected chi connectivity index (χ0v) is 13.9. The van der Waals surface area contributed by atoms with Crippen molar-refractivity contribution in [2.45, 2.75) is 78.1 Å². The van der Waals surface area contributed by atoms with Crippen LogP contribution < -0.4 is 0 Å². The molecule has 0 spiro atoms.